The lowest BCUT2D eigenvalue weighted by atomic mass is 10.00. The van der Waals surface area contributed by atoms with Crippen molar-refractivity contribution in [3.63, 3.8) is 0 Å². The van der Waals surface area contributed by atoms with E-state index < -0.39 is 0 Å². The molecule has 0 amide bonds. The van der Waals surface area contributed by atoms with Gasteiger partial charge in [-0.2, -0.15) is 11.8 Å². The van der Waals surface area contributed by atoms with Gasteiger partial charge in [0.1, 0.15) is 5.82 Å². The van der Waals surface area contributed by atoms with E-state index in [1.165, 1.54) is 42.3 Å². The van der Waals surface area contributed by atoms with Crippen LogP contribution >= 0.6 is 11.8 Å². The Labute approximate surface area is 107 Å². The molecule has 3 nitrogen and oxygen atoms in total. The maximum absolute atomic E-state index is 9.41. The summed E-state index contributed by atoms with van der Waals surface area (Å²) < 4.78 is 2.24. The molecule has 0 radical (unpaired) electrons. The molecule has 1 N–H and O–H groups in total. The molecule has 3 rings (SSSR count). The fourth-order valence-electron chi connectivity index (χ4n) is 2.96. The first-order chi connectivity index (χ1) is 8.38. The van der Waals surface area contributed by atoms with Crippen LogP contribution in [0.4, 0.5) is 0 Å². The lowest BCUT2D eigenvalue weighted by molar-refractivity contribution is 0.206. The molecule has 17 heavy (non-hydrogen) atoms. The number of hydrogen-bond acceptors (Lipinski definition) is 3. The van der Waals surface area contributed by atoms with Gasteiger partial charge in [-0.05, 0) is 37.2 Å². The van der Waals surface area contributed by atoms with E-state index in [4.69, 9.17) is 4.98 Å². The van der Waals surface area contributed by atoms with Crippen LogP contribution in [0.25, 0.3) is 0 Å². The molecule has 0 saturated carbocycles. The highest BCUT2D eigenvalue weighted by Gasteiger charge is 2.24. The van der Waals surface area contributed by atoms with Crippen LogP contribution in [0.1, 0.15) is 49.2 Å². The Morgan fingerprint density at radius 3 is 2.94 bits per heavy atom. The molecular weight excluding hydrogens is 232 g/mol. The van der Waals surface area contributed by atoms with Crippen LogP contribution in [0, 0.1) is 0 Å². The van der Waals surface area contributed by atoms with E-state index in [0.717, 1.165) is 12.8 Å². The minimum absolute atomic E-state index is 0.253. The van der Waals surface area contributed by atoms with Crippen molar-refractivity contribution in [3.8, 4) is 0 Å². The summed E-state index contributed by atoms with van der Waals surface area (Å²) in [5, 5.41) is 9.41. The number of aliphatic hydroxyl groups is 1. The molecule has 1 aromatic rings. The van der Waals surface area contributed by atoms with Gasteiger partial charge in [-0.25, -0.2) is 4.98 Å². The predicted octanol–water partition coefficient (Wildman–Crippen LogP) is 2.36. The third-order valence-corrected chi connectivity index (χ3v) is 5.06. The van der Waals surface area contributed by atoms with Crippen LogP contribution in [0.3, 0.4) is 0 Å². The summed E-state index contributed by atoms with van der Waals surface area (Å²) >= 11 is 2.06. The zero-order chi connectivity index (χ0) is 11.7. The van der Waals surface area contributed by atoms with Gasteiger partial charge in [0, 0.05) is 18.5 Å². The Kier molecular flexibility index (Phi) is 3.43. The van der Waals surface area contributed by atoms with Gasteiger partial charge in [0.25, 0.3) is 0 Å². The Hall–Kier alpha value is -0.480. The summed E-state index contributed by atoms with van der Waals surface area (Å²) in [6, 6.07) is 0.276. The quantitative estimate of drug-likeness (QED) is 0.878. The Bertz CT molecular complexity index is 385. The second-order valence-corrected chi connectivity index (χ2v) is 6.33. The van der Waals surface area contributed by atoms with Gasteiger partial charge in [-0.1, -0.05) is 0 Å². The molecule has 1 atom stereocenters. The molecule has 1 aromatic heterocycles. The van der Waals surface area contributed by atoms with E-state index in [1.807, 2.05) is 0 Å². The van der Waals surface area contributed by atoms with Crippen LogP contribution < -0.4 is 0 Å². The Morgan fingerprint density at radius 1 is 1.35 bits per heavy atom. The summed E-state index contributed by atoms with van der Waals surface area (Å²) in [7, 11) is 0. The fourth-order valence-corrected chi connectivity index (χ4v) is 4.06. The summed E-state index contributed by atoms with van der Waals surface area (Å²) in [6.45, 7) is 0.253. The topological polar surface area (TPSA) is 38.1 Å². The van der Waals surface area contributed by atoms with Crippen molar-refractivity contribution in [2.45, 2.75) is 44.1 Å². The molecule has 0 bridgehead atoms. The van der Waals surface area contributed by atoms with E-state index in [0.29, 0.717) is 5.92 Å². The normalized spacial score (nSPS) is 25.8. The maximum Gasteiger partial charge on any atom is 0.109 e. The lowest BCUT2D eigenvalue weighted by Crippen LogP contribution is -2.20. The van der Waals surface area contributed by atoms with Gasteiger partial charge in [-0.3, -0.25) is 0 Å². The number of nitrogens with zero attached hydrogens (tertiary/aromatic N) is 2. The number of hydrogen-bond donors (Lipinski definition) is 1. The van der Waals surface area contributed by atoms with Crippen LogP contribution in [0.5, 0.6) is 0 Å². The third-order valence-electron chi connectivity index (χ3n) is 4.01. The van der Waals surface area contributed by atoms with Gasteiger partial charge in [-0.15, -0.1) is 0 Å². The van der Waals surface area contributed by atoms with Gasteiger partial charge in [0.05, 0.1) is 18.3 Å². The Balaban J connectivity index is 1.84. The molecule has 0 aliphatic carbocycles. The van der Waals surface area contributed by atoms with Crippen LogP contribution in [0.2, 0.25) is 0 Å². The highest BCUT2D eigenvalue weighted by atomic mass is 32.2. The number of aliphatic hydroxyl groups excluding tert-OH is 1. The first-order valence-corrected chi connectivity index (χ1v) is 7.80. The van der Waals surface area contributed by atoms with Crippen molar-refractivity contribution < 1.29 is 5.11 Å². The minimum Gasteiger partial charge on any atom is -0.394 e. The molecule has 94 valence electrons. The van der Waals surface area contributed by atoms with E-state index in [9.17, 15) is 5.11 Å². The zero-order valence-electron chi connectivity index (χ0n) is 10.1. The van der Waals surface area contributed by atoms with Gasteiger partial charge in [0.2, 0.25) is 0 Å². The lowest BCUT2D eigenvalue weighted by Gasteiger charge is -2.22. The standard InChI is InChI=1S/C13H20N2OS/c16-9-11-2-1-3-13-14-12(8-15(11)13)10-4-6-17-7-5-10/h8,10-11,16H,1-7,9H2. The summed E-state index contributed by atoms with van der Waals surface area (Å²) in [5.41, 5.74) is 1.28. The van der Waals surface area contributed by atoms with Crippen LogP contribution in [-0.2, 0) is 6.42 Å². The molecule has 3 heterocycles. The average Bonchev–Trinajstić information content (AvgIpc) is 2.83. The number of aromatic nitrogens is 2. The largest absolute Gasteiger partial charge is 0.394 e. The van der Waals surface area contributed by atoms with Gasteiger partial charge < -0.3 is 9.67 Å². The molecule has 1 unspecified atom stereocenters. The van der Waals surface area contributed by atoms with Crippen molar-refractivity contribution >= 4 is 11.8 Å². The van der Waals surface area contributed by atoms with E-state index in [1.54, 1.807) is 0 Å². The second-order valence-electron chi connectivity index (χ2n) is 5.10. The SMILES string of the molecule is OCC1CCCc2nc(C3CCSCC3)cn21. The van der Waals surface area contributed by atoms with Crippen molar-refractivity contribution in [3.05, 3.63) is 17.7 Å². The molecule has 4 heteroatoms. The predicted molar refractivity (Wildman–Crippen MR) is 70.6 cm³/mol. The third kappa shape index (κ3) is 2.25. The summed E-state index contributed by atoms with van der Waals surface area (Å²) in [6.07, 6.45) is 8.10. The van der Waals surface area contributed by atoms with Gasteiger partial charge in [0.15, 0.2) is 0 Å². The van der Waals surface area contributed by atoms with Gasteiger partial charge >= 0.3 is 0 Å². The molecule has 1 saturated heterocycles. The minimum atomic E-state index is 0.253. The first kappa shape index (κ1) is 11.6. The molecule has 0 spiro atoms. The van der Waals surface area contributed by atoms with Crippen LogP contribution in [-0.4, -0.2) is 32.8 Å². The summed E-state index contributed by atoms with van der Waals surface area (Å²) in [4.78, 5) is 4.82. The highest BCUT2D eigenvalue weighted by Crippen LogP contribution is 2.33. The molecule has 1 fully saturated rings. The smallest absolute Gasteiger partial charge is 0.109 e. The molecular formula is C13H20N2OS. The Morgan fingerprint density at radius 2 is 2.18 bits per heavy atom. The number of fused-ring (bicyclic) bond motifs is 1. The maximum atomic E-state index is 9.41. The van der Waals surface area contributed by atoms with E-state index in [2.05, 4.69) is 22.5 Å². The van der Waals surface area contributed by atoms with Crippen molar-refractivity contribution in [1.29, 1.82) is 0 Å². The molecule has 2 aliphatic heterocycles. The fraction of sp³-hybridized carbons (Fsp3) is 0.769. The number of aryl methyl sites for hydroxylation is 1. The highest BCUT2D eigenvalue weighted by molar-refractivity contribution is 7.99. The average molecular weight is 252 g/mol. The molecule has 0 aromatic carbocycles. The zero-order valence-corrected chi connectivity index (χ0v) is 11.0. The monoisotopic (exact) mass is 252 g/mol. The number of rotatable bonds is 2. The van der Waals surface area contributed by atoms with Crippen molar-refractivity contribution in [2.24, 2.45) is 0 Å². The number of thioether (sulfide) groups is 1. The first-order valence-electron chi connectivity index (χ1n) is 6.64. The van der Waals surface area contributed by atoms with Crippen molar-refractivity contribution in [2.75, 3.05) is 18.1 Å². The summed E-state index contributed by atoms with van der Waals surface area (Å²) in [5.74, 6) is 4.41. The van der Waals surface area contributed by atoms with E-state index >= 15 is 0 Å². The van der Waals surface area contributed by atoms with Crippen molar-refractivity contribution in [1.82, 2.24) is 9.55 Å². The second kappa shape index (κ2) is 5.02. The van der Waals surface area contributed by atoms with E-state index in [-0.39, 0.29) is 12.6 Å². The number of imidazole rings is 1. The van der Waals surface area contributed by atoms with Crippen LogP contribution in [0.15, 0.2) is 6.20 Å². The molecule has 2 aliphatic rings.